The zero-order chi connectivity index (χ0) is 17.1. The van der Waals surface area contributed by atoms with Crippen LogP contribution in [0.15, 0.2) is 60.7 Å². The molecule has 0 amide bonds. The molecule has 0 saturated carbocycles. The van der Waals surface area contributed by atoms with Crippen LogP contribution < -0.4 is 0 Å². The lowest BCUT2D eigenvalue weighted by molar-refractivity contribution is -0.336. The van der Waals surface area contributed by atoms with E-state index in [1.165, 1.54) is 0 Å². The molecule has 0 bridgehead atoms. The van der Waals surface area contributed by atoms with E-state index in [1.807, 2.05) is 60.7 Å². The van der Waals surface area contributed by atoms with E-state index in [1.54, 1.807) is 0 Å². The second-order valence-corrected chi connectivity index (χ2v) is 6.38. The summed E-state index contributed by atoms with van der Waals surface area (Å²) < 4.78 is 23.6. The number of ether oxygens (including phenoxy) is 4. The fraction of sp³-hybridized carbons (Fsp3) is 0.400. The van der Waals surface area contributed by atoms with E-state index in [0.29, 0.717) is 19.6 Å². The minimum absolute atomic E-state index is 0.246. The minimum atomic E-state index is -0.859. The van der Waals surface area contributed by atoms with Gasteiger partial charge in [-0.3, -0.25) is 0 Å². The van der Waals surface area contributed by atoms with Crippen LogP contribution in [0.4, 0.5) is 0 Å². The Bertz CT molecular complexity index is 662. The highest BCUT2D eigenvalue weighted by atomic mass is 16.7. The van der Waals surface area contributed by atoms with Crippen LogP contribution in [0.3, 0.4) is 0 Å². The van der Waals surface area contributed by atoms with Gasteiger partial charge in [-0.25, -0.2) is 0 Å². The molecule has 2 saturated heterocycles. The second kappa shape index (κ2) is 7.64. The Hall–Kier alpha value is -1.76. The Kier molecular flexibility index (Phi) is 5.10. The summed E-state index contributed by atoms with van der Waals surface area (Å²) in [4.78, 5) is 0. The third-order valence-corrected chi connectivity index (χ3v) is 4.57. The van der Waals surface area contributed by atoms with Crippen LogP contribution in [-0.4, -0.2) is 36.3 Å². The van der Waals surface area contributed by atoms with Gasteiger partial charge in [0.05, 0.1) is 19.3 Å². The predicted octanol–water partition coefficient (Wildman–Crippen LogP) is 2.79. The average molecular weight is 342 g/mol. The molecule has 0 spiro atoms. The highest BCUT2D eigenvalue weighted by Gasteiger charge is 2.44. The van der Waals surface area contributed by atoms with Crippen molar-refractivity contribution >= 4 is 0 Å². The van der Waals surface area contributed by atoms with E-state index in [9.17, 15) is 5.11 Å². The first-order chi connectivity index (χ1) is 12.3. The van der Waals surface area contributed by atoms with Crippen LogP contribution in [-0.2, 0) is 25.6 Å². The van der Waals surface area contributed by atoms with E-state index < -0.39 is 12.6 Å². The summed E-state index contributed by atoms with van der Waals surface area (Å²) in [6.45, 7) is 0.841. The van der Waals surface area contributed by atoms with Gasteiger partial charge in [-0.2, -0.15) is 0 Å². The summed E-state index contributed by atoms with van der Waals surface area (Å²) in [7, 11) is 0. The molecular weight excluding hydrogens is 320 g/mol. The largest absolute Gasteiger partial charge is 0.371 e. The zero-order valence-electron chi connectivity index (χ0n) is 13.9. The Morgan fingerprint density at radius 1 is 0.960 bits per heavy atom. The molecule has 25 heavy (non-hydrogen) atoms. The lowest BCUT2D eigenvalue weighted by Gasteiger charge is -2.44. The number of fused-ring (bicyclic) bond motifs is 1. The average Bonchev–Trinajstić information content (AvgIpc) is 2.67. The third kappa shape index (κ3) is 3.92. The van der Waals surface area contributed by atoms with E-state index in [0.717, 1.165) is 11.1 Å². The Morgan fingerprint density at radius 2 is 1.68 bits per heavy atom. The first kappa shape index (κ1) is 16.7. The van der Waals surface area contributed by atoms with Crippen molar-refractivity contribution in [2.24, 2.45) is 0 Å². The molecular formula is C20H22O5. The van der Waals surface area contributed by atoms with Gasteiger partial charge in [0.15, 0.2) is 12.6 Å². The molecule has 2 unspecified atom stereocenters. The van der Waals surface area contributed by atoms with E-state index in [2.05, 4.69) is 0 Å². The summed E-state index contributed by atoms with van der Waals surface area (Å²) in [6.07, 6.45) is -1.76. The normalized spacial score (nSPS) is 32.1. The van der Waals surface area contributed by atoms with Crippen molar-refractivity contribution in [3.05, 3.63) is 71.8 Å². The number of hydrogen-bond acceptors (Lipinski definition) is 5. The van der Waals surface area contributed by atoms with Gasteiger partial charge in [0.1, 0.15) is 12.2 Å². The second-order valence-electron chi connectivity index (χ2n) is 6.38. The number of hydrogen-bond donors (Lipinski definition) is 1. The van der Waals surface area contributed by atoms with Crippen LogP contribution in [0, 0.1) is 0 Å². The van der Waals surface area contributed by atoms with Gasteiger partial charge in [0, 0.05) is 12.0 Å². The standard InChI is InChI=1S/C20H22O5/c21-18-11-16(22-12-14-7-3-1-4-8-14)19-17(24-18)13-23-20(25-19)15-9-5-2-6-10-15/h1-10,16-21H,11-13H2/t16-,17-,18?,19+,20?/m1/s1. The Labute approximate surface area is 147 Å². The summed E-state index contributed by atoms with van der Waals surface area (Å²) in [5.41, 5.74) is 2.06. The summed E-state index contributed by atoms with van der Waals surface area (Å²) in [5, 5.41) is 9.99. The monoisotopic (exact) mass is 342 g/mol. The van der Waals surface area contributed by atoms with E-state index in [4.69, 9.17) is 18.9 Å². The van der Waals surface area contributed by atoms with Gasteiger partial charge < -0.3 is 24.1 Å². The maximum absolute atomic E-state index is 9.99. The van der Waals surface area contributed by atoms with Crippen LogP contribution in [0.2, 0.25) is 0 Å². The van der Waals surface area contributed by atoms with Crippen molar-refractivity contribution in [3.63, 3.8) is 0 Å². The molecule has 5 atom stereocenters. The van der Waals surface area contributed by atoms with Crippen LogP contribution >= 0.6 is 0 Å². The molecule has 2 aliphatic rings. The smallest absolute Gasteiger partial charge is 0.184 e. The van der Waals surface area contributed by atoms with Gasteiger partial charge in [-0.1, -0.05) is 60.7 Å². The Morgan fingerprint density at radius 3 is 2.44 bits per heavy atom. The Balaban J connectivity index is 1.46. The SMILES string of the molecule is OC1C[C@@H](OCc2ccccc2)[C@@H]2OC(c3ccccc3)OC[C@H]2O1. The van der Waals surface area contributed by atoms with Crippen molar-refractivity contribution in [3.8, 4) is 0 Å². The minimum Gasteiger partial charge on any atom is -0.371 e. The quantitative estimate of drug-likeness (QED) is 0.926. The van der Waals surface area contributed by atoms with Crippen molar-refractivity contribution in [2.75, 3.05) is 6.61 Å². The fourth-order valence-electron chi connectivity index (χ4n) is 3.31. The topological polar surface area (TPSA) is 57.2 Å². The van der Waals surface area contributed by atoms with E-state index >= 15 is 0 Å². The third-order valence-electron chi connectivity index (χ3n) is 4.57. The zero-order valence-corrected chi connectivity index (χ0v) is 13.9. The number of aliphatic hydroxyl groups is 1. The lowest BCUT2D eigenvalue weighted by atomic mass is 10.00. The van der Waals surface area contributed by atoms with Crippen molar-refractivity contribution < 1.29 is 24.1 Å². The molecule has 0 aliphatic carbocycles. The summed E-state index contributed by atoms with van der Waals surface area (Å²) in [6, 6.07) is 19.8. The molecule has 2 aliphatic heterocycles. The number of benzene rings is 2. The van der Waals surface area contributed by atoms with Crippen LogP contribution in [0.25, 0.3) is 0 Å². The highest BCUT2D eigenvalue weighted by Crippen LogP contribution is 2.34. The molecule has 0 aromatic heterocycles. The number of aliphatic hydroxyl groups excluding tert-OH is 1. The molecule has 5 nitrogen and oxygen atoms in total. The lowest BCUT2D eigenvalue weighted by Crippen LogP contribution is -2.55. The molecule has 2 aromatic rings. The molecule has 5 heteroatoms. The maximum atomic E-state index is 9.99. The van der Waals surface area contributed by atoms with Crippen molar-refractivity contribution in [1.82, 2.24) is 0 Å². The molecule has 1 N–H and O–H groups in total. The van der Waals surface area contributed by atoms with Gasteiger partial charge in [-0.15, -0.1) is 0 Å². The van der Waals surface area contributed by atoms with Crippen molar-refractivity contribution in [1.29, 1.82) is 0 Å². The number of rotatable bonds is 4. The molecule has 2 aromatic carbocycles. The van der Waals surface area contributed by atoms with Gasteiger partial charge in [0.2, 0.25) is 0 Å². The fourth-order valence-corrected chi connectivity index (χ4v) is 3.31. The molecule has 132 valence electrons. The highest BCUT2D eigenvalue weighted by molar-refractivity contribution is 5.17. The molecule has 2 fully saturated rings. The summed E-state index contributed by atoms with van der Waals surface area (Å²) >= 11 is 0. The van der Waals surface area contributed by atoms with Crippen molar-refractivity contribution in [2.45, 2.75) is 43.9 Å². The molecule has 2 heterocycles. The van der Waals surface area contributed by atoms with Gasteiger partial charge in [-0.05, 0) is 5.56 Å². The first-order valence-electron chi connectivity index (χ1n) is 8.60. The first-order valence-corrected chi connectivity index (χ1v) is 8.60. The van der Waals surface area contributed by atoms with Gasteiger partial charge in [0.25, 0.3) is 0 Å². The molecule has 0 radical (unpaired) electrons. The molecule has 4 rings (SSSR count). The van der Waals surface area contributed by atoms with Gasteiger partial charge >= 0.3 is 0 Å². The summed E-state index contributed by atoms with van der Waals surface area (Å²) in [5.74, 6) is 0. The van der Waals surface area contributed by atoms with Crippen LogP contribution in [0.5, 0.6) is 0 Å². The van der Waals surface area contributed by atoms with E-state index in [-0.39, 0.29) is 18.3 Å². The maximum Gasteiger partial charge on any atom is 0.184 e. The predicted molar refractivity (Wildman–Crippen MR) is 90.5 cm³/mol. The van der Waals surface area contributed by atoms with Crippen LogP contribution in [0.1, 0.15) is 23.8 Å².